The Morgan fingerprint density at radius 3 is 1.95 bits per heavy atom. The van der Waals surface area contributed by atoms with Crippen LogP contribution in [0.15, 0.2) is 24.3 Å². The fourth-order valence-electron chi connectivity index (χ4n) is 2.39. The number of benzene rings is 1. The highest BCUT2D eigenvalue weighted by atomic mass is 19.4. The lowest BCUT2D eigenvalue weighted by molar-refractivity contribution is -0.185. The maximum atomic E-state index is 12.5. The van der Waals surface area contributed by atoms with Crippen LogP contribution in [0.4, 0.5) is 13.2 Å². The van der Waals surface area contributed by atoms with E-state index in [-0.39, 0.29) is 18.9 Å². The third-order valence-corrected chi connectivity index (χ3v) is 3.43. The van der Waals surface area contributed by atoms with Crippen LogP contribution in [-0.2, 0) is 0 Å². The van der Waals surface area contributed by atoms with Crippen LogP contribution >= 0.6 is 0 Å². The van der Waals surface area contributed by atoms with Gasteiger partial charge in [0.15, 0.2) is 0 Å². The van der Waals surface area contributed by atoms with E-state index >= 15 is 0 Å². The molecule has 1 aromatic rings. The first-order chi connectivity index (χ1) is 10.4. The van der Waals surface area contributed by atoms with Crippen molar-refractivity contribution in [2.45, 2.75) is 72.6 Å². The normalized spacial score (nSPS) is 20.9. The fraction of sp³-hybridized carbons (Fsp3) is 0.667. The second-order valence-corrected chi connectivity index (χ2v) is 4.95. The van der Waals surface area contributed by atoms with Gasteiger partial charge in [-0.25, -0.2) is 0 Å². The molecule has 1 fully saturated rings. The Kier molecular flexibility index (Phi) is 9.95. The topological polar surface area (TPSA) is 9.23 Å². The van der Waals surface area contributed by atoms with Crippen molar-refractivity contribution in [1.29, 1.82) is 0 Å². The molecule has 0 radical (unpaired) electrons. The number of aryl methyl sites for hydroxylation is 1. The molecule has 0 saturated heterocycles. The Morgan fingerprint density at radius 1 is 0.955 bits per heavy atom. The average molecular weight is 318 g/mol. The highest BCUT2D eigenvalue weighted by Gasteiger charge is 2.41. The minimum Gasteiger partial charge on any atom is -0.490 e. The van der Waals surface area contributed by atoms with Crippen LogP contribution in [0.2, 0.25) is 0 Å². The van der Waals surface area contributed by atoms with E-state index in [2.05, 4.69) is 0 Å². The maximum Gasteiger partial charge on any atom is 0.391 e. The van der Waals surface area contributed by atoms with Crippen molar-refractivity contribution in [2.24, 2.45) is 5.92 Å². The summed E-state index contributed by atoms with van der Waals surface area (Å²) < 4.78 is 43.3. The molecule has 1 nitrogen and oxygen atoms in total. The average Bonchev–Trinajstić information content (AvgIpc) is 2.51. The van der Waals surface area contributed by atoms with Crippen LogP contribution in [0.3, 0.4) is 0 Å². The van der Waals surface area contributed by atoms with E-state index < -0.39 is 12.1 Å². The number of alkyl halides is 3. The minimum absolute atomic E-state index is 0.0783. The summed E-state index contributed by atoms with van der Waals surface area (Å²) in [6.45, 7) is 9.97. The molecule has 1 saturated carbocycles. The Balaban J connectivity index is 0.00000102. The quantitative estimate of drug-likeness (QED) is 0.601. The number of halogens is 3. The Labute approximate surface area is 132 Å². The Bertz CT molecular complexity index is 394. The largest absolute Gasteiger partial charge is 0.490 e. The summed E-state index contributed by atoms with van der Waals surface area (Å²) in [7, 11) is 0. The lowest BCUT2D eigenvalue weighted by Crippen LogP contribution is -2.31. The Morgan fingerprint density at radius 2 is 1.50 bits per heavy atom. The van der Waals surface area contributed by atoms with E-state index in [1.807, 2.05) is 58.9 Å². The molecule has 2 rings (SSSR count). The molecule has 1 aliphatic carbocycles. The van der Waals surface area contributed by atoms with Crippen molar-refractivity contribution >= 4 is 0 Å². The van der Waals surface area contributed by atoms with Gasteiger partial charge < -0.3 is 4.74 Å². The maximum absolute atomic E-state index is 12.5. The summed E-state index contributed by atoms with van der Waals surface area (Å²) in [6.07, 6.45) is -2.80. The van der Waals surface area contributed by atoms with E-state index in [9.17, 15) is 13.2 Å². The third-order valence-electron chi connectivity index (χ3n) is 3.43. The van der Waals surface area contributed by atoms with Crippen LogP contribution in [0, 0.1) is 12.8 Å². The Hall–Kier alpha value is -1.19. The first-order valence-corrected chi connectivity index (χ1v) is 8.25. The van der Waals surface area contributed by atoms with E-state index in [0.717, 1.165) is 11.3 Å². The molecule has 0 aromatic heterocycles. The van der Waals surface area contributed by atoms with Crippen molar-refractivity contribution in [1.82, 2.24) is 0 Å². The smallest absolute Gasteiger partial charge is 0.391 e. The molecule has 0 N–H and O–H groups in total. The highest BCUT2D eigenvalue weighted by Crippen LogP contribution is 2.38. The van der Waals surface area contributed by atoms with E-state index in [1.165, 1.54) is 0 Å². The van der Waals surface area contributed by atoms with Crippen molar-refractivity contribution < 1.29 is 17.9 Å². The van der Waals surface area contributed by atoms with Crippen molar-refractivity contribution in [3.8, 4) is 5.75 Å². The predicted molar refractivity (Wildman–Crippen MR) is 86.3 cm³/mol. The van der Waals surface area contributed by atoms with Crippen LogP contribution in [0.25, 0.3) is 0 Å². The molecule has 128 valence electrons. The van der Waals surface area contributed by atoms with Gasteiger partial charge in [0.05, 0.1) is 12.0 Å². The van der Waals surface area contributed by atoms with Crippen LogP contribution < -0.4 is 4.74 Å². The fourth-order valence-corrected chi connectivity index (χ4v) is 2.39. The summed E-state index contributed by atoms with van der Waals surface area (Å²) in [5, 5.41) is 0. The zero-order valence-corrected chi connectivity index (χ0v) is 14.3. The summed E-state index contributed by atoms with van der Waals surface area (Å²) in [4.78, 5) is 0. The van der Waals surface area contributed by atoms with Crippen molar-refractivity contribution in [2.75, 3.05) is 0 Å². The highest BCUT2D eigenvalue weighted by molar-refractivity contribution is 5.27. The van der Waals surface area contributed by atoms with Crippen molar-refractivity contribution in [3.05, 3.63) is 29.8 Å². The van der Waals surface area contributed by atoms with Crippen molar-refractivity contribution in [3.63, 3.8) is 0 Å². The predicted octanol–water partition coefficient (Wildman–Crippen LogP) is 6.55. The molecule has 4 heteroatoms. The van der Waals surface area contributed by atoms with Gasteiger partial charge in [-0.1, -0.05) is 39.8 Å². The molecule has 0 heterocycles. The SMILES string of the molecule is CC.CC.Cc1cccc(OC2CCC(C(F)(F)F)CC2)c1. The molecular formula is C18H29F3O. The number of ether oxygens (including phenoxy) is 1. The van der Waals surface area contributed by atoms with E-state index in [1.54, 1.807) is 0 Å². The molecule has 0 amide bonds. The standard InChI is InChI=1S/C14H17F3O.2C2H6/c1-10-3-2-4-13(9-10)18-12-7-5-11(6-8-12)14(15,16)17;2*1-2/h2-4,9,11-12H,5-8H2,1H3;2*1-2H3. The zero-order valence-electron chi connectivity index (χ0n) is 14.3. The minimum atomic E-state index is -4.05. The number of rotatable bonds is 2. The first kappa shape index (κ1) is 20.8. The van der Waals surface area contributed by atoms with Crippen LogP contribution in [0.5, 0.6) is 5.75 Å². The van der Waals surface area contributed by atoms with Gasteiger partial charge >= 0.3 is 6.18 Å². The van der Waals surface area contributed by atoms with Gasteiger partial charge in [-0.15, -0.1) is 0 Å². The van der Waals surface area contributed by atoms with E-state index in [0.29, 0.717) is 12.8 Å². The second-order valence-electron chi connectivity index (χ2n) is 4.95. The summed E-state index contributed by atoms with van der Waals surface area (Å²) >= 11 is 0. The third kappa shape index (κ3) is 7.19. The first-order valence-electron chi connectivity index (χ1n) is 8.25. The van der Waals surface area contributed by atoms with Gasteiger partial charge in [0.2, 0.25) is 0 Å². The molecule has 0 atom stereocenters. The molecule has 0 unspecified atom stereocenters. The van der Waals surface area contributed by atoms with E-state index in [4.69, 9.17) is 4.74 Å². The zero-order chi connectivity index (χ0) is 17.2. The van der Waals surface area contributed by atoms with Gasteiger partial charge in [-0.05, 0) is 50.3 Å². The van der Waals surface area contributed by atoms with Gasteiger partial charge in [-0.3, -0.25) is 0 Å². The van der Waals surface area contributed by atoms with Gasteiger partial charge in [0, 0.05) is 0 Å². The number of hydrogen-bond donors (Lipinski definition) is 0. The summed E-state index contributed by atoms with van der Waals surface area (Å²) in [5.41, 5.74) is 1.09. The summed E-state index contributed by atoms with van der Waals surface area (Å²) in [5.74, 6) is -0.389. The summed E-state index contributed by atoms with van der Waals surface area (Å²) in [6, 6.07) is 7.62. The van der Waals surface area contributed by atoms with Gasteiger partial charge in [-0.2, -0.15) is 13.2 Å². The van der Waals surface area contributed by atoms with Crippen LogP contribution in [0.1, 0.15) is 58.9 Å². The molecular weight excluding hydrogens is 289 g/mol. The molecule has 0 aliphatic heterocycles. The molecule has 0 bridgehead atoms. The molecule has 0 spiro atoms. The molecule has 1 aliphatic rings. The van der Waals surface area contributed by atoms with Gasteiger partial charge in [0.1, 0.15) is 5.75 Å². The lowest BCUT2D eigenvalue weighted by Gasteiger charge is -2.30. The lowest BCUT2D eigenvalue weighted by atomic mass is 9.87. The van der Waals surface area contributed by atoms with Crippen LogP contribution in [-0.4, -0.2) is 12.3 Å². The molecule has 22 heavy (non-hydrogen) atoms. The molecule has 1 aromatic carbocycles. The number of hydrogen-bond acceptors (Lipinski definition) is 1. The van der Waals surface area contributed by atoms with Gasteiger partial charge in [0.25, 0.3) is 0 Å². The monoisotopic (exact) mass is 318 g/mol. The second kappa shape index (κ2) is 10.5.